The molecule has 0 radical (unpaired) electrons. The van der Waals surface area contributed by atoms with Gasteiger partial charge >= 0.3 is 5.97 Å². The molecule has 0 rings (SSSR count). The van der Waals surface area contributed by atoms with Crippen LogP contribution in [-0.2, 0) is 14.3 Å². The van der Waals surface area contributed by atoms with Gasteiger partial charge in [-0.2, -0.15) is 0 Å². The number of hydrogen-bond donors (Lipinski definition) is 1. The van der Waals surface area contributed by atoms with Crippen LogP contribution in [0.4, 0.5) is 0 Å². The molecule has 1 amide bonds. The van der Waals surface area contributed by atoms with Crippen molar-refractivity contribution >= 4 is 11.9 Å². The van der Waals surface area contributed by atoms with Gasteiger partial charge < -0.3 is 10.1 Å². The van der Waals surface area contributed by atoms with Gasteiger partial charge in [0, 0.05) is 6.54 Å². The van der Waals surface area contributed by atoms with Crippen LogP contribution in [-0.4, -0.2) is 25.5 Å². The highest BCUT2D eigenvalue weighted by Crippen LogP contribution is 2.21. The Bertz CT molecular complexity index is 269. The average Bonchev–Trinajstić information content (AvgIpc) is 2.24. The lowest BCUT2D eigenvalue weighted by Crippen LogP contribution is -2.45. The number of esters is 1. The maximum Gasteiger partial charge on any atom is 0.320 e. The highest BCUT2D eigenvalue weighted by atomic mass is 16.5. The summed E-state index contributed by atoms with van der Waals surface area (Å²) in [6, 6.07) is 0. The SMILES string of the molecule is CCC(C)(C)CNC(=O)C(C)(C)C(=O)OC. The molecule has 0 aromatic carbocycles. The van der Waals surface area contributed by atoms with Crippen LogP contribution in [0, 0.1) is 10.8 Å². The minimum absolute atomic E-state index is 0.0435. The van der Waals surface area contributed by atoms with Crippen LogP contribution in [0.1, 0.15) is 41.0 Å². The molecule has 0 atom stereocenters. The first kappa shape index (κ1) is 14.9. The van der Waals surface area contributed by atoms with Crippen LogP contribution in [0.3, 0.4) is 0 Å². The zero-order chi connectivity index (χ0) is 13.0. The monoisotopic (exact) mass is 229 g/mol. The maximum atomic E-state index is 11.8. The van der Waals surface area contributed by atoms with E-state index in [-0.39, 0.29) is 11.3 Å². The maximum absolute atomic E-state index is 11.8. The van der Waals surface area contributed by atoms with Crippen LogP contribution in [0.5, 0.6) is 0 Å². The summed E-state index contributed by atoms with van der Waals surface area (Å²) >= 11 is 0. The van der Waals surface area contributed by atoms with Gasteiger partial charge in [-0.15, -0.1) is 0 Å². The number of rotatable bonds is 5. The lowest BCUT2D eigenvalue weighted by molar-refractivity contribution is -0.156. The Morgan fingerprint density at radius 1 is 1.19 bits per heavy atom. The van der Waals surface area contributed by atoms with Gasteiger partial charge in [0.2, 0.25) is 5.91 Å². The van der Waals surface area contributed by atoms with E-state index in [0.717, 1.165) is 6.42 Å². The summed E-state index contributed by atoms with van der Waals surface area (Å²) in [5.74, 6) is -0.805. The van der Waals surface area contributed by atoms with Crippen LogP contribution in [0.2, 0.25) is 0 Å². The third-order valence-corrected chi connectivity index (χ3v) is 2.95. The Morgan fingerprint density at radius 3 is 2.06 bits per heavy atom. The number of ether oxygens (including phenoxy) is 1. The second-order valence-electron chi connectivity index (χ2n) is 5.32. The predicted octanol–water partition coefficient (Wildman–Crippen LogP) is 1.74. The normalized spacial score (nSPS) is 12.1. The Labute approximate surface area is 97.7 Å². The first-order valence-electron chi connectivity index (χ1n) is 5.54. The van der Waals surface area contributed by atoms with E-state index in [1.54, 1.807) is 13.8 Å². The average molecular weight is 229 g/mol. The van der Waals surface area contributed by atoms with Crippen molar-refractivity contribution in [3.8, 4) is 0 Å². The van der Waals surface area contributed by atoms with E-state index >= 15 is 0 Å². The van der Waals surface area contributed by atoms with Crippen molar-refractivity contribution in [2.75, 3.05) is 13.7 Å². The fourth-order valence-corrected chi connectivity index (χ4v) is 1.01. The third kappa shape index (κ3) is 3.83. The molecule has 0 spiro atoms. The van der Waals surface area contributed by atoms with Gasteiger partial charge in [0.25, 0.3) is 0 Å². The largest absolute Gasteiger partial charge is 0.468 e. The molecular weight excluding hydrogens is 206 g/mol. The van der Waals surface area contributed by atoms with Crippen molar-refractivity contribution in [2.24, 2.45) is 10.8 Å². The van der Waals surface area contributed by atoms with Crippen LogP contribution in [0.25, 0.3) is 0 Å². The molecule has 0 fully saturated rings. The molecule has 4 heteroatoms. The second kappa shape index (κ2) is 5.32. The Balaban J connectivity index is 4.43. The number of nitrogens with one attached hydrogen (secondary N) is 1. The molecule has 0 heterocycles. The van der Waals surface area contributed by atoms with Crippen LogP contribution < -0.4 is 5.32 Å². The first-order chi connectivity index (χ1) is 7.17. The van der Waals surface area contributed by atoms with Crippen molar-refractivity contribution in [1.82, 2.24) is 5.32 Å². The van der Waals surface area contributed by atoms with Gasteiger partial charge in [-0.05, 0) is 25.7 Å². The quantitative estimate of drug-likeness (QED) is 0.577. The number of methoxy groups -OCH3 is 1. The summed E-state index contributed by atoms with van der Waals surface area (Å²) in [6.07, 6.45) is 0.964. The van der Waals surface area contributed by atoms with E-state index in [1.807, 2.05) is 0 Å². The summed E-state index contributed by atoms with van der Waals surface area (Å²) in [5, 5.41) is 2.79. The van der Waals surface area contributed by atoms with E-state index < -0.39 is 11.4 Å². The molecule has 0 saturated heterocycles. The second-order valence-corrected chi connectivity index (χ2v) is 5.32. The molecule has 1 N–H and O–H groups in total. The minimum atomic E-state index is -1.13. The zero-order valence-corrected chi connectivity index (χ0v) is 11.1. The predicted molar refractivity (Wildman–Crippen MR) is 62.9 cm³/mol. The highest BCUT2D eigenvalue weighted by molar-refractivity contribution is 6.01. The summed E-state index contributed by atoms with van der Waals surface area (Å²) in [4.78, 5) is 23.2. The van der Waals surface area contributed by atoms with E-state index in [0.29, 0.717) is 6.54 Å². The van der Waals surface area contributed by atoms with Crippen molar-refractivity contribution in [3.63, 3.8) is 0 Å². The topological polar surface area (TPSA) is 55.4 Å². The molecule has 0 aromatic rings. The highest BCUT2D eigenvalue weighted by Gasteiger charge is 2.37. The third-order valence-electron chi connectivity index (χ3n) is 2.95. The van der Waals surface area contributed by atoms with E-state index in [4.69, 9.17) is 0 Å². The van der Waals surface area contributed by atoms with Gasteiger partial charge in [-0.1, -0.05) is 20.8 Å². The van der Waals surface area contributed by atoms with Gasteiger partial charge in [0.15, 0.2) is 0 Å². The molecule has 0 aromatic heterocycles. The van der Waals surface area contributed by atoms with Crippen molar-refractivity contribution < 1.29 is 14.3 Å². The fourth-order valence-electron chi connectivity index (χ4n) is 1.01. The van der Waals surface area contributed by atoms with Gasteiger partial charge in [0.05, 0.1) is 7.11 Å². The van der Waals surface area contributed by atoms with E-state index in [1.165, 1.54) is 7.11 Å². The van der Waals surface area contributed by atoms with E-state index in [2.05, 4.69) is 30.8 Å². The van der Waals surface area contributed by atoms with Crippen LogP contribution >= 0.6 is 0 Å². The molecule has 16 heavy (non-hydrogen) atoms. The molecule has 0 unspecified atom stereocenters. The van der Waals surface area contributed by atoms with Gasteiger partial charge in [-0.25, -0.2) is 0 Å². The number of carbonyl (C=O) groups excluding carboxylic acids is 2. The minimum Gasteiger partial charge on any atom is -0.468 e. The van der Waals surface area contributed by atoms with Crippen LogP contribution in [0.15, 0.2) is 0 Å². The van der Waals surface area contributed by atoms with Crippen molar-refractivity contribution in [2.45, 2.75) is 41.0 Å². The first-order valence-corrected chi connectivity index (χ1v) is 5.54. The Morgan fingerprint density at radius 2 is 1.69 bits per heavy atom. The molecule has 4 nitrogen and oxygen atoms in total. The smallest absolute Gasteiger partial charge is 0.320 e. The molecule has 0 aliphatic heterocycles. The molecule has 94 valence electrons. The molecule has 0 aliphatic rings. The fraction of sp³-hybridized carbons (Fsp3) is 0.833. The molecule has 0 saturated carbocycles. The van der Waals surface area contributed by atoms with E-state index in [9.17, 15) is 9.59 Å². The lowest BCUT2D eigenvalue weighted by atomic mass is 9.88. The number of amides is 1. The summed E-state index contributed by atoms with van der Waals surface area (Å²) in [7, 11) is 1.29. The number of carbonyl (C=O) groups is 2. The Kier molecular flexibility index (Phi) is 4.97. The molecule has 0 bridgehead atoms. The summed E-state index contributed by atoms with van der Waals surface area (Å²) < 4.78 is 4.59. The standard InChI is InChI=1S/C12H23NO3/c1-7-11(2,3)8-13-9(14)12(4,5)10(15)16-6/h7-8H2,1-6H3,(H,13,14). The summed E-state index contributed by atoms with van der Waals surface area (Å²) in [6.45, 7) is 9.89. The zero-order valence-electron chi connectivity index (χ0n) is 11.1. The Hall–Kier alpha value is -1.06. The summed E-state index contributed by atoms with van der Waals surface area (Å²) in [5.41, 5.74) is -1.08. The van der Waals surface area contributed by atoms with Crippen molar-refractivity contribution in [3.05, 3.63) is 0 Å². The molecular formula is C12H23NO3. The van der Waals surface area contributed by atoms with Gasteiger partial charge in [0.1, 0.15) is 5.41 Å². The van der Waals surface area contributed by atoms with Gasteiger partial charge in [-0.3, -0.25) is 9.59 Å². The molecule has 0 aliphatic carbocycles. The number of hydrogen-bond acceptors (Lipinski definition) is 3. The van der Waals surface area contributed by atoms with Crippen molar-refractivity contribution in [1.29, 1.82) is 0 Å². The lowest BCUT2D eigenvalue weighted by Gasteiger charge is -2.26.